The number of nitrogens with zero attached hydrogens (tertiary/aromatic N) is 2. The number of benzene rings is 1. The number of alkyl halides is 1. The molecule has 0 bridgehead atoms. The molecule has 0 heterocycles. The van der Waals surface area contributed by atoms with Crippen LogP contribution in [0.15, 0.2) is 30.0 Å². The third-order valence-corrected chi connectivity index (χ3v) is 2.80. The van der Waals surface area contributed by atoms with E-state index in [1.807, 2.05) is 0 Å². The molecule has 0 fully saturated rings. The molecular formula is C12H10Cl2N4O3. The molecule has 1 rings (SSSR count). The third kappa shape index (κ3) is 4.95. The van der Waals surface area contributed by atoms with Crippen molar-refractivity contribution >= 4 is 40.5 Å². The lowest BCUT2D eigenvalue weighted by Gasteiger charge is -2.05. The minimum Gasteiger partial charge on any atom is -0.359 e. The normalized spacial score (nSPS) is 10.6. The molecular weight excluding hydrogens is 319 g/mol. The highest BCUT2D eigenvalue weighted by Gasteiger charge is 2.11. The lowest BCUT2D eigenvalue weighted by Crippen LogP contribution is -2.26. The van der Waals surface area contributed by atoms with Crippen molar-refractivity contribution < 1.29 is 9.72 Å². The molecule has 0 atom stereocenters. The summed E-state index contributed by atoms with van der Waals surface area (Å²) in [5.41, 5.74) is -0.160. The summed E-state index contributed by atoms with van der Waals surface area (Å²) in [6, 6.07) is 5.49. The maximum atomic E-state index is 11.6. The Morgan fingerprint density at radius 2 is 2.24 bits per heavy atom. The quantitative estimate of drug-likeness (QED) is 0.274. The van der Waals surface area contributed by atoms with Gasteiger partial charge in [0, 0.05) is 30.8 Å². The topological polar surface area (TPSA) is 108 Å². The number of carbonyl (C=O) groups is 1. The summed E-state index contributed by atoms with van der Waals surface area (Å²) in [6.07, 6.45) is 1.12. The smallest absolute Gasteiger partial charge is 0.271 e. The minimum atomic E-state index is -0.604. The zero-order chi connectivity index (χ0) is 15.8. The van der Waals surface area contributed by atoms with E-state index in [2.05, 4.69) is 10.6 Å². The van der Waals surface area contributed by atoms with E-state index in [0.717, 1.165) is 6.20 Å². The van der Waals surface area contributed by atoms with Crippen molar-refractivity contribution in [2.45, 2.75) is 0 Å². The molecule has 110 valence electrons. The first-order valence-corrected chi connectivity index (χ1v) is 6.55. The lowest BCUT2D eigenvalue weighted by atomic mass is 10.2. The monoisotopic (exact) mass is 328 g/mol. The van der Waals surface area contributed by atoms with Gasteiger partial charge in [-0.2, -0.15) is 5.26 Å². The molecule has 0 aromatic heterocycles. The fourth-order valence-electron chi connectivity index (χ4n) is 1.29. The standard InChI is InChI=1S/C12H10Cl2N4O3/c13-3-4-16-12(19)8(6-15)7-17-11-5-9(18(20)21)1-2-10(11)14/h1-2,5,7,17H,3-4H2,(H,16,19)/b8-7-. The first-order chi connectivity index (χ1) is 9.99. The van der Waals surface area contributed by atoms with Crippen molar-refractivity contribution in [2.24, 2.45) is 0 Å². The fourth-order valence-corrected chi connectivity index (χ4v) is 1.56. The van der Waals surface area contributed by atoms with E-state index in [-0.39, 0.29) is 34.4 Å². The van der Waals surface area contributed by atoms with Crippen molar-refractivity contribution in [2.75, 3.05) is 17.7 Å². The first kappa shape index (κ1) is 16.8. The number of anilines is 1. The number of hydrogen-bond donors (Lipinski definition) is 2. The maximum absolute atomic E-state index is 11.6. The van der Waals surface area contributed by atoms with Crippen LogP contribution in [0.1, 0.15) is 0 Å². The highest BCUT2D eigenvalue weighted by molar-refractivity contribution is 6.33. The number of halogens is 2. The Morgan fingerprint density at radius 1 is 1.52 bits per heavy atom. The van der Waals surface area contributed by atoms with E-state index in [1.54, 1.807) is 6.07 Å². The molecule has 1 aromatic carbocycles. The predicted molar refractivity (Wildman–Crippen MR) is 79.2 cm³/mol. The van der Waals surface area contributed by atoms with E-state index < -0.39 is 10.8 Å². The van der Waals surface area contributed by atoms with E-state index in [0.29, 0.717) is 0 Å². The zero-order valence-electron chi connectivity index (χ0n) is 10.6. The van der Waals surface area contributed by atoms with Gasteiger partial charge in [-0.05, 0) is 6.07 Å². The van der Waals surface area contributed by atoms with Crippen molar-refractivity contribution in [3.8, 4) is 6.07 Å². The fraction of sp³-hybridized carbons (Fsp3) is 0.167. The van der Waals surface area contributed by atoms with E-state index in [4.69, 9.17) is 28.5 Å². The molecule has 0 aliphatic heterocycles. The molecule has 0 saturated heterocycles. The largest absolute Gasteiger partial charge is 0.359 e. The average molecular weight is 329 g/mol. The highest BCUT2D eigenvalue weighted by atomic mass is 35.5. The number of amides is 1. The van der Waals surface area contributed by atoms with E-state index in [9.17, 15) is 14.9 Å². The Morgan fingerprint density at radius 3 is 2.81 bits per heavy atom. The van der Waals surface area contributed by atoms with Crippen LogP contribution in [-0.4, -0.2) is 23.3 Å². The van der Waals surface area contributed by atoms with Crippen molar-refractivity contribution in [3.05, 3.63) is 45.1 Å². The second-order valence-corrected chi connectivity index (χ2v) is 4.47. The van der Waals surface area contributed by atoms with Crippen LogP contribution >= 0.6 is 23.2 Å². The van der Waals surface area contributed by atoms with E-state index >= 15 is 0 Å². The summed E-state index contributed by atoms with van der Waals surface area (Å²) in [4.78, 5) is 21.7. The summed E-state index contributed by atoms with van der Waals surface area (Å²) in [7, 11) is 0. The number of rotatable bonds is 6. The minimum absolute atomic E-state index is 0.166. The molecule has 0 saturated carbocycles. The Hall–Kier alpha value is -2.30. The van der Waals surface area contributed by atoms with Gasteiger partial charge in [-0.15, -0.1) is 11.6 Å². The highest BCUT2D eigenvalue weighted by Crippen LogP contribution is 2.26. The SMILES string of the molecule is N#C/C(=C/Nc1cc([N+](=O)[O-])ccc1Cl)C(=O)NCCCl. The van der Waals surface area contributed by atoms with Gasteiger partial charge in [0.25, 0.3) is 11.6 Å². The van der Waals surface area contributed by atoms with Gasteiger partial charge in [0.05, 0.1) is 15.6 Å². The Labute approximate surface area is 130 Å². The molecule has 0 unspecified atom stereocenters. The molecule has 0 spiro atoms. The summed E-state index contributed by atoms with van der Waals surface area (Å²) >= 11 is 11.3. The van der Waals surface area contributed by atoms with Crippen LogP contribution in [0.2, 0.25) is 5.02 Å². The number of non-ortho nitro benzene ring substituents is 1. The molecule has 21 heavy (non-hydrogen) atoms. The van der Waals surface area contributed by atoms with Gasteiger partial charge < -0.3 is 10.6 Å². The van der Waals surface area contributed by atoms with Crippen LogP contribution in [0.3, 0.4) is 0 Å². The van der Waals surface area contributed by atoms with Crippen LogP contribution < -0.4 is 10.6 Å². The van der Waals surface area contributed by atoms with Crippen LogP contribution in [0, 0.1) is 21.4 Å². The number of nitrogens with one attached hydrogen (secondary N) is 2. The molecule has 0 aliphatic rings. The molecule has 1 aromatic rings. The van der Waals surface area contributed by atoms with Gasteiger partial charge in [-0.1, -0.05) is 11.6 Å². The van der Waals surface area contributed by atoms with Gasteiger partial charge in [-0.25, -0.2) is 0 Å². The van der Waals surface area contributed by atoms with Gasteiger partial charge in [-0.3, -0.25) is 14.9 Å². The van der Waals surface area contributed by atoms with Crippen LogP contribution in [0.4, 0.5) is 11.4 Å². The number of hydrogen-bond acceptors (Lipinski definition) is 5. The van der Waals surface area contributed by atoms with E-state index in [1.165, 1.54) is 18.2 Å². The summed E-state index contributed by atoms with van der Waals surface area (Å²) in [6.45, 7) is 0.219. The van der Waals surface area contributed by atoms with Crippen molar-refractivity contribution in [1.82, 2.24) is 5.32 Å². The summed E-state index contributed by atoms with van der Waals surface area (Å²) in [5, 5.41) is 24.8. The van der Waals surface area contributed by atoms with Gasteiger partial charge in [0.2, 0.25) is 0 Å². The lowest BCUT2D eigenvalue weighted by molar-refractivity contribution is -0.384. The second-order valence-electron chi connectivity index (χ2n) is 3.68. The Kier molecular flexibility index (Phi) is 6.46. The van der Waals surface area contributed by atoms with Gasteiger partial charge in [0.1, 0.15) is 11.6 Å². The number of nitriles is 1. The predicted octanol–water partition coefficient (Wildman–Crippen LogP) is 2.42. The summed E-state index contributed by atoms with van der Waals surface area (Å²) < 4.78 is 0. The number of nitro benzene ring substituents is 1. The first-order valence-electron chi connectivity index (χ1n) is 5.64. The molecule has 0 radical (unpaired) electrons. The summed E-state index contributed by atoms with van der Waals surface area (Å²) in [5.74, 6) is -0.388. The molecule has 9 heteroatoms. The third-order valence-electron chi connectivity index (χ3n) is 2.28. The molecule has 2 N–H and O–H groups in total. The van der Waals surface area contributed by atoms with Crippen LogP contribution in [0.25, 0.3) is 0 Å². The Balaban J connectivity index is 2.91. The van der Waals surface area contributed by atoms with Crippen LogP contribution in [0.5, 0.6) is 0 Å². The molecule has 0 aliphatic carbocycles. The number of carbonyl (C=O) groups excluding carboxylic acids is 1. The van der Waals surface area contributed by atoms with Gasteiger partial charge in [0.15, 0.2) is 0 Å². The van der Waals surface area contributed by atoms with Crippen molar-refractivity contribution in [3.63, 3.8) is 0 Å². The maximum Gasteiger partial charge on any atom is 0.271 e. The average Bonchev–Trinajstić information content (AvgIpc) is 2.47. The van der Waals surface area contributed by atoms with Crippen molar-refractivity contribution in [1.29, 1.82) is 5.26 Å². The van der Waals surface area contributed by atoms with Crippen LogP contribution in [-0.2, 0) is 4.79 Å². The number of nitro groups is 1. The van der Waals surface area contributed by atoms with Gasteiger partial charge >= 0.3 is 0 Å². The Bertz CT molecular complexity index is 625. The second kappa shape index (κ2) is 8.09. The molecule has 7 nitrogen and oxygen atoms in total. The zero-order valence-corrected chi connectivity index (χ0v) is 12.1. The molecule has 1 amide bonds.